The first-order valence-electron chi connectivity index (χ1n) is 28.0. The lowest BCUT2D eigenvalue weighted by atomic mass is 10.0. The molecule has 0 aromatic carbocycles. The van der Waals surface area contributed by atoms with Crippen LogP contribution < -0.4 is 0 Å². The van der Waals surface area contributed by atoms with Gasteiger partial charge in [-0.1, -0.05) is 243 Å². The van der Waals surface area contributed by atoms with Crippen LogP contribution >= 0.6 is 0 Å². The van der Waals surface area contributed by atoms with Crippen molar-refractivity contribution in [3.05, 3.63) is 36.5 Å². The van der Waals surface area contributed by atoms with Crippen molar-refractivity contribution < 1.29 is 28.6 Å². The predicted molar refractivity (Wildman–Crippen MR) is 275 cm³/mol. The van der Waals surface area contributed by atoms with Crippen molar-refractivity contribution in [1.82, 2.24) is 0 Å². The summed E-state index contributed by atoms with van der Waals surface area (Å²) in [6.07, 6.45) is 62.8. The van der Waals surface area contributed by atoms with Crippen molar-refractivity contribution in [1.29, 1.82) is 0 Å². The molecule has 1 unspecified atom stereocenters. The summed E-state index contributed by atoms with van der Waals surface area (Å²) in [5.41, 5.74) is 0. The van der Waals surface area contributed by atoms with E-state index in [1.165, 1.54) is 186 Å². The highest BCUT2D eigenvalue weighted by Gasteiger charge is 2.19. The smallest absolute Gasteiger partial charge is 0.306 e. The summed E-state index contributed by atoms with van der Waals surface area (Å²) in [5.74, 6) is -0.874. The van der Waals surface area contributed by atoms with E-state index in [9.17, 15) is 14.4 Å². The summed E-state index contributed by atoms with van der Waals surface area (Å²) >= 11 is 0. The second-order valence-electron chi connectivity index (χ2n) is 18.8. The van der Waals surface area contributed by atoms with Gasteiger partial charge in [-0.15, -0.1) is 0 Å². The SMILES string of the molecule is CCCC/C=C\CCCCCCCC(=O)OCC(COC(=O)CCCCCCCCCCC/C=C\C/C=C\CCCCCCC)OC(=O)CCCCCCCCCCCCCCCC. The number of allylic oxidation sites excluding steroid dienone is 6. The number of unbranched alkanes of at least 4 members (excludes halogenated alkanes) is 34. The standard InChI is InChI=1S/C58H106O6/c1-4-7-10-13-16-19-22-24-26-27-28-29-30-31-32-34-36-39-42-45-48-51-57(60)63-54-55(53-62-56(59)50-47-44-41-38-35-21-18-15-12-9-6-3)64-58(61)52-49-46-43-40-37-33-25-23-20-17-14-11-8-5-2/h15,18,22,24,27-28,55H,4-14,16-17,19-21,23,25-26,29-54H2,1-3H3/b18-15-,24-22-,28-27-. The van der Waals surface area contributed by atoms with Gasteiger partial charge in [0.15, 0.2) is 6.10 Å². The quantitative estimate of drug-likeness (QED) is 0.0262. The van der Waals surface area contributed by atoms with Crippen LogP contribution in [0, 0.1) is 0 Å². The van der Waals surface area contributed by atoms with Gasteiger partial charge in [0.2, 0.25) is 0 Å². The molecule has 0 saturated carbocycles. The molecular weight excluding hydrogens is 793 g/mol. The molecule has 0 heterocycles. The maximum Gasteiger partial charge on any atom is 0.306 e. The zero-order valence-corrected chi connectivity index (χ0v) is 42.8. The number of hydrogen-bond donors (Lipinski definition) is 0. The van der Waals surface area contributed by atoms with Gasteiger partial charge in [0.25, 0.3) is 0 Å². The molecule has 6 nitrogen and oxygen atoms in total. The molecule has 0 N–H and O–H groups in total. The lowest BCUT2D eigenvalue weighted by Gasteiger charge is -2.18. The Morgan fingerprint density at radius 2 is 0.578 bits per heavy atom. The number of hydrogen-bond acceptors (Lipinski definition) is 6. The fourth-order valence-electron chi connectivity index (χ4n) is 8.10. The molecule has 0 bridgehead atoms. The maximum atomic E-state index is 12.8. The highest BCUT2D eigenvalue weighted by molar-refractivity contribution is 5.71. The van der Waals surface area contributed by atoms with Crippen LogP contribution in [-0.2, 0) is 28.6 Å². The topological polar surface area (TPSA) is 78.9 Å². The van der Waals surface area contributed by atoms with E-state index in [0.717, 1.165) is 70.6 Å². The van der Waals surface area contributed by atoms with Gasteiger partial charge in [-0.3, -0.25) is 14.4 Å². The van der Waals surface area contributed by atoms with Gasteiger partial charge < -0.3 is 14.2 Å². The third-order valence-electron chi connectivity index (χ3n) is 12.4. The summed E-state index contributed by atoms with van der Waals surface area (Å²) in [4.78, 5) is 38.0. The first kappa shape index (κ1) is 61.6. The number of carbonyl (C=O) groups is 3. The molecule has 374 valence electrons. The zero-order chi connectivity index (χ0) is 46.5. The molecule has 0 fully saturated rings. The van der Waals surface area contributed by atoms with Crippen molar-refractivity contribution >= 4 is 17.9 Å². The summed E-state index contributed by atoms with van der Waals surface area (Å²) in [7, 11) is 0. The Hall–Kier alpha value is -2.37. The molecular formula is C58H106O6. The van der Waals surface area contributed by atoms with E-state index in [0.29, 0.717) is 19.3 Å². The van der Waals surface area contributed by atoms with Gasteiger partial charge in [-0.2, -0.15) is 0 Å². The molecule has 0 aromatic rings. The van der Waals surface area contributed by atoms with E-state index in [2.05, 4.69) is 57.2 Å². The molecule has 0 radical (unpaired) electrons. The molecule has 0 aromatic heterocycles. The van der Waals surface area contributed by atoms with E-state index < -0.39 is 6.10 Å². The summed E-state index contributed by atoms with van der Waals surface area (Å²) in [6, 6.07) is 0. The fraction of sp³-hybridized carbons (Fsp3) is 0.845. The molecule has 0 aliphatic carbocycles. The molecule has 0 aliphatic rings. The van der Waals surface area contributed by atoms with Crippen LogP contribution in [0.2, 0.25) is 0 Å². The Labute approximate surface area is 397 Å². The Balaban J connectivity index is 4.28. The molecule has 64 heavy (non-hydrogen) atoms. The average Bonchev–Trinajstić information content (AvgIpc) is 3.29. The Bertz CT molecular complexity index is 1080. The lowest BCUT2D eigenvalue weighted by Crippen LogP contribution is -2.30. The van der Waals surface area contributed by atoms with Gasteiger partial charge in [-0.25, -0.2) is 0 Å². The minimum Gasteiger partial charge on any atom is -0.462 e. The second-order valence-corrected chi connectivity index (χ2v) is 18.8. The van der Waals surface area contributed by atoms with Crippen LogP contribution in [0.5, 0.6) is 0 Å². The predicted octanol–water partition coefficient (Wildman–Crippen LogP) is 18.5. The molecule has 6 heteroatoms. The summed E-state index contributed by atoms with van der Waals surface area (Å²) in [5, 5.41) is 0. The highest BCUT2D eigenvalue weighted by atomic mass is 16.6. The maximum absolute atomic E-state index is 12.8. The third-order valence-corrected chi connectivity index (χ3v) is 12.4. The van der Waals surface area contributed by atoms with Gasteiger partial charge in [0, 0.05) is 19.3 Å². The Kier molecular flexibility index (Phi) is 51.3. The molecule has 0 aliphatic heterocycles. The molecule has 0 rings (SSSR count). The van der Waals surface area contributed by atoms with E-state index in [1.54, 1.807) is 0 Å². The summed E-state index contributed by atoms with van der Waals surface area (Å²) < 4.78 is 16.8. The first-order valence-corrected chi connectivity index (χ1v) is 28.0. The van der Waals surface area contributed by atoms with Crippen molar-refractivity contribution in [3.63, 3.8) is 0 Å². The monoisotopic (exact) mass is 899 g/mol. The molecule has 0 amide bonds. The van der Waals surface area contributed by atoms with Gasteiger partial charge >= 0.3 is 17.9 Å². The third kappa shape index (κ3) is 50.6. The number of esters is 3. The van der Waals surface area contributed by atoms with E-state index in [-0.39, 0.29) is 31.1 Å². The molecule has 1 atom stereocenters. The Morgan fingerprint density at radius 1 is 0.312 bits per heavy atom. The van der Waals surface area contributed by atoms with Crippen LogP contribution in [0.1, 0.15) is 297 Å². The van der Waals surface area contributed by atoms with Gasteiger partial charge in [0.1, 0.15) is 13.2 Å². The molecule has 0 spiro atoms. The minimum atomic E-state index is -0.773. The van der Waals surface area contributed by atoms with Crippen molar-refractivity contribution in [2.75, 3.05) is 13.2 Å². The van der Waals surface area contributed by atoms with Crippen LogP contribution in [-0.4, -0.2) is 37.2 Å². The van der Waals surface area contributed by atoms with Crippen LogP contribution in [0.25, 0.3) is 0 Å². The average molecular weight is 899 g/mol. The number of carbonyl (C=O) groups excluding carboxylic acids is 3. The van der Waals surface area contributed by atoms with Crippen LogP contribution in [0.15, 0.2) is 36.5 Å². The van der Waals surface area contributed by atoms with Gasteiger partial charge in [-0.05, 0) is 70.6 Å². The highest BCUT2D eigenvalue weighted by Crippen LogP contribution is 2.16. The molecule has 0 saturated heterocycles. The minimum absolute atomic E-state index is 0.0738. The summed E-state index contributed by atoms with van der Waals surface area (Å²) in [6.45, 7) is 6.61. The van der Waals surface area contributed by atoms with Crippen molar-refractivity contribution in [2.24, 2.45) is 0 Å². The normalized spacial score (nSPS) is 12.2. The lowest BCUT2D eigenvalue weighted by molar-refractivity contribution is -0.167. The second kappa shape index (κ2) is 53.2. The van der Waals surface area contributed by atoms with E-state index in [1.807, 2.05) is 0 Å². The number of ether oxygens (including phenoxy) is 3. The number of rotatable bonds is 51. The Morgan fingerprint density at radius 3 is 0.922 bits per heavy atom. The van der Waals surface area contributed by atoms with E-state index in [4.69, 9.17) is 14.2 Å². The largest absolute Gasteiger partial charge is 0.462 e. The fourth-order valence-corrected chi connectivity index (χ4v) is 8.10. The zero-order valence-electron chi connectivity index (χ0n) is 42.8. The van der Waals surface area contributed by atoms with Gasteiger partial charge in [0.05, 0.1) is 0 Å². The van der Waals surface area contributed by atoms with Crippen molar-refractivity contribution in [2.45, 2.75) is 303 Å². The van der Waals surface area contributed by atoms with Crippen LogP contribution in [0.4, 0.5) is 0 Å². The van der Waals surface area contributed by atoms with Crippen LogP contribution in [0.3, 0.4) is 0 Å². The van der Waals surface area contributed by atoms with E-state index >= 15 is 0 Å². The van der Waals surface area contributed by atoms with Crippen molar-refractivity contribution in [3.8, 4) is 0 Å². The first-order chi connectivity index (χ1) is 31.5.